The lowest BCUT2D eigenvalue weighted by atomic mass is 10.1. The van der Waals surface area contributed by atoms with Crippen LogP contribution in [0.25, 0.3) is 0 Å². The van der Waals surface area contributed by atoms with E-state index in [1.54, 1.807) is 38.1 Å². The average molecular weight is 453 g/mol. The van der Waals surface area contributed by atoms with Crippen LogP contribution in [0.4, 0.5) is 11.4 Å². The van der Waals surface area contributed by atoms with E-state index < -0.39 is 27.9 Å². The van der Waals surface area contributed by atoms with E-state index in [-0.39, 0.29) is 23.6 Å². The Morgan fingerprint density at radius 3 is 2.27 bits per heavy atom. The minimum absolute atomic E-state index is 0.123. The van der Waals surface area contributed by atoms with Gasteiger partial charge in [-0.1, -0.05) is 36.2 Å². The predicted molar refractivity (Wildman–Crippen MR) is 119 cm³/mol. The van der Waals surface area contributed by atoms with E-state index in [2.05, 4.69) is 5.32 Å². The number of ether oxygens (including phenoxy) is 1. The first-order valence-electron chi connectivity index (χ1n) is 9.42. The van der Waals surface area contributed by atoms with Crippen LogP contribution in [0.1, 0.15) is 36.2 Å². The topological polar surface area (TPSA) is 92.8 Å². The fourth-order valence-corrected chi connectivity index (χ4v) is 4.41. The lowest BCUT2D eigenvalue weighted by Gasteiger charge is -2.30. The Labute approximate surface area is 182 Å². The van der Waals surface area contributed by atoms with Gasteiger partial charge in [0.25, 0.3) is 0 Å². The first kappa shape index (κ1) is 23.7. The molecule has 0 aliphatic rings. The number of anilines is 2. The van der Waals surface area contributed by atoms with Crippen molar-refractivity contribution in [2.24, 2.45) is 0 Å². The lowest BCUT2D eigenvalue weighted by molar-refractivity contribution is -0.117. The summed E-state index contributed by atoms with van der Waals surface area (Å²) in [5.74, 6) is -1.07. The van der Waals surface area contributed by atoms with Crippen LogP contribution in [0, 0.1) is 6.92 Å². The number of benzene rings is 2. The number of sulfonamides is 1. The summed E-state index contributed by atoms with van der Waals surface area (Å²) in [7, 11) is -3.73. The van der Waals surface area contributed by atoms with Gasteiger partial charge in [-0.25, -0.2) is 13.2 Å². The van der Waals surface area contributed by atoms with Gasteiger partial charge in [0.1, 0.15) is 6.04 Å². The molecule has 1 N–H and O–H groups in total. The minimum atomic E-state index is -3.73. The van der Waals surface area contributed by atoms with Crippen LogP contribution in [-0.2, 0) is 19.6 Å². The molecule has 0 heterocycles. The third-order valence-electron chi connectivity index (χ3n) is 4.35. The summed E-state index contributed by atoms with van der Waals surface area (Å²) in [6.07, 6.45) is 1.31. The number of aryl methyl sites for hydroxylation is 1. The minimum Gasteiger partial charge on any atom is -0.462 e. The number of halogens is 1. The molecule has 2 rings (SSSR count). The van der Waals surface area contributed by atoms with Crippen LogP contribution in [0.15, 0.2) is 42.5 Å². The zero-order valence-electron chi connectivity index (χ0n) is 17.3. The molecule has 0 fully saturated rings. The van der Waals surface area contributed by atoms with Crippen LogP contribution < -0.4 is 9.62 Å². The van der Waals surface area contributed by atoms with Crippen LogP contribution in [0.2, 0.25) is 5.02 Å². The molecule has 162 valence electrons. The standard InChI is InChI=1S/C21H25ClN2O5S/c1-5-19(24(30(4,27)28)16-10-7-14(3)8-11-16)20(25)23-15-9-12-17(18(22)13-15)21(26)29-6-2/h7-13,19H,5-6H2,1-4H3,(H,23,25)/t19-/m0/s1. The number of amides is 1. The maximum atomic E-state index is 13.0. The number of rotatable bonds is 8. The highest BCUT2D eigenvalue weighted by Crippen LogP contribution is 2.25. The number of hydrogen-bond donors (Lipinski definition) is 1. The van der Waals surface area contributed by atoms with Gasteiger partial charge < -0.3 is 10.1 Å². The Bertz CT molecular complexity index is 1020. The molecule has 9 heteroatoms. The molecular weight excluding hydrogens is 428 g/mol. The second-order valence-corrected chi connectivity index (χ2v) is 8.99. The number of hydrogen-bond acceptors (Lipinski definition) is 5. The Hall–Kier alpha value is -2.58. The van der Waals surface area contributed by atoms with E-state index in [1.807, 2.05) is 6.92 Å². The number of carbonyl (C=O) groups excluding carboxylic acids is 2. The highest BCUT2D eigenvalue weighted by atomic mass is 35.5. The summed E-state index contributed by atoms with van der Waals surface area (Å²) >= 11 is 6.14. The van der Waals surface area contributed by atoms with Gasteiger partial charge in [0.05, 0.1) is 29.1 Å². The quantitative estimate of drug-likeness (QED) is 0.611. The SMILES string of the molecule is CCOC(=O)c1ccc(NC(=O)[C@H](CC)N(c2ccc(C)cc2)S(C)(=O)=O)cc1Cl. The van der Waals surface area contributed by atoms with Crippen molar-refractivity contribution in [2.45, 2.75) is 33.2 Å². The van der Waals surface area contributed by atoms with Gasteiger partial charge >= 0.3 is 5.97 Å². The van der Waals surface area contributed by atoms with Crippen molar-refractivity contribution >= 4 is 44.9 Å². The van der Waals surface area contributed by atoms with E-state index in [1.165, 1.54) is 18.2 Å². The van der Waals surface area contributed by atoms with Crippen molar-refractivity contribution in [1.29, 1.82) is 0 Å². The number of nitrogens with one attached hydrogen (secondary N) is 1. The molecule has 0 unspecified atom stereocenters. The molecule has 0 saturated heterocycles. The molecule has 0 saturated carbocycles. The van der Waals surface area contributed by atoms with Gasteiger partial charge in [-0.05, 0) is 50.6 Å². The van der Waals surface area contributed by atoms with Gasteiger partial charge in [-0.15, -0.1) is 0 Å². The summed E-state index contributed by atoms with van der Waals surface area (Å²) in [5, 5.41) is 2.81. The van der Waals surface area contributed by atoms with E-state index >= 15 is 0 Å². The van der Waals surface area contributed by atoms with E-state index in [4.69, 9.17) is 16.3 Å². The molecule has 30 heavy (non-hydrogen) atoms. The zero-order chi connectivity index (χ0) is 22.5. The fourth-order valence-electron chi connectivity index (χ4n) is 2.94. The molecule has 0 aliphatic carbocycles. The first-order valence-corrected chi connectivity index (χ1v) is 11.6. The number of esters is 1. The molecule has 0 aromatic heterocycles. The van der Waals surface area contributed by atoms with Crippen molar-refractivity contribution in [3.05, 3.63) is 58.6 Å². The Kier molecular flexibility index (Phi) is 7.86. The van der Waals surface area contributed by atoms with Crippen molar-refractivity contribution in [3.8, 4) is 0 Å². The van der Waals surface area contributed by atoms with Gasteiger partial charge in [0.2, 0.25) is 15.9 Å². The van der Waals surface area contributed by atoms with E-state index in [0.29, 0.717) is 11.4 Å². The smallest absolute Gasteiger partial charge is 0.339 e. The molecule has 2 aromatic carbocycles. The predicted octanol–water partition coefficient (Wildman–Crippen LogP) is 4.01. The van der Waals surface area contributed by atoms with Gasteiger partial charge in [-0.3, -0.25) is 9.10 Å². The summed E-state index contributed by atoms with van der Waals surface area (Å²) in [4.78, 5) is 24.8. The number of carbonyl (C=O) groups is 2. The Morgan fingerprint density at radius 1 is 1.13 bits per heavy atom. The van der Waals surface area contributed by atoms with Crippen molar-refractivity contribution in [2.75, 3.05) is 22.5 Å². The van der Waals surface area contributed by atoms with Crippen LogP contribution in [-0.4, -0.2) is 39.2 Å². The Morgan fingerprint density at radius 2 is 1.77 bits per heavy atom. The summed E-state index contributed by atoms with van der Waals surface area (Å²) in [6, 6.07) is 10.3. The largest absolute Gasteiger partial charge is 0.462 e. The van der Waals surface area contributed by atoms with Crippen molar-refractivity contribution in [1.82, 2.24) is 0 Å². The lowest BCUT2D eigenvalue weighted by Crippen LogP contribution is -2.47. The summed E-state index contributed by atoms with van der Waals surface area (Å²) in [6.45, 7) is 5.52. The average Bonchev–Trinajstić information content (AvgIpc) is 2.66. The second kappa shape index (κ2) is 9.95. The molecule has 1 amide bonds. The van der Waals surface area contributed by atoms with Crippen LogP contribution in [0.5, 0.6) is 0 Å². The highest BCUT2D eigenvalue weighted by molar-refractivity contribution is 7.92. The Balaban J connectivity index is 2.31. The summed E-state index contributed by atoms with van der Waals surface area (Å²) < 4.78 is 31.0. The molecule has 1 atom stereocenters. The second-order valence-electron chi connectivity index (χ2n) is 6.72. The molecule has 0 aliphatic heterocycles. The highest BCUT2D eigenvalue weighted by Gasteiger charge is 2.31. The van der Waals surface area contributed by atoms with Gasteiger partial charge in [0.15, 0.2) is 0 Å². The van der Waals surface area contributed by atoms with E-state index in [0.717, 1.165) is 16.1 Å². The third-order valence-corrected chi connectivity index (χ3v) is 5.84. The molecule has 2 aromatic rings. The summed E-state index contributed by atoms with van der Waals surface area (Å²) in [5.41, 5.74) is 1.90. The third kappa shape index (κ3) is 5.73. The van der Waals surface area contributed by atoms with Crippen molar-refractivity contribution in [3.63, 3.8) is 0 Å². The molecule has 0 radical (unpaired) electrons. The molecule has 0 bridgehead atoms. The van der Waals surface area contributed by atoms with Crippen molar-refractivity contribution < 1.29 is 22.7 Å². The van der Waals surface area contributed by atoms with Crippen LogP contribution >= 0.6 is 11.6 Å². The zero-order valence-corrected chi connectivity index (χ0v) is 18.9. The van der Waals surface area contributed by atoms with Gasteiger partial charge in [-0.2, -0.15) is 0 Å². The van der Waals surface area contributed by atoms with E-state index in [9.17, 15) is 18.0 Å². The molecule has 0 spiro atoms. The number of nitrogens with zero attached hydrogens (tertiary/aromatic N) is 1. The molecular formula is C21H25ClN2O5S. The monoisotopic (exact) mass is 452 g/mol. The van der Waals surface area contributed by atoms with Crippen LogP contribution in [0.3, 0.4) is 0 Å². The normalized spacial score (nSPS) is 12.2. The maximum Gasteiger partial charge on any atom is 0.339 e. The van der Waals surface area contributed by atoms with Gasteiger partial charge in [0, 0.05) is 5.69 Å². The fraction of sp³-hybridized carbons (Fsp3) is 0.333. The maximum absolute atomic E-state index is 13.0. The molecule has 7 nitrogen and oxygen atoms in total. The first-order chi connectivity index (χ1) is 14.1.